The number of fused-ring (bicyclic) bond motifs is 9. The van der Waals surface area contributed by atoms with Gasteiger partial charge in [-0.1, -0.05) is 52.9 Å². The SMILES string of the molecule is O=c1oc2ccc(Cl)cc2c2oc(NC3CCCCC3)c(-c3ccc4c(c3)CN3CN4Cc4cc(Br)ccc43)c12. The van der Waals surface area contributed by atoms with Crippen molar-refractivity contribution >= 4 is 66.7 Å². The Morgan fingerprint density at radius 2 is 1.62 bits per heavy atom. The van der Waals surface area contributed by atoms with E-state index in [0.717, 1.165) is 48.2 Å². The first-order valence-corrected chi connectivity index (χ1v) is 15.1. The van der Waals surface area contributed by atoms with Crippen molar-refractivity contribution in [2.75, 3.05) is 21.8 Å². The van der Waals surface area contributed by atoms with E-state index in [0.29, 0.717) is 38.9 Å². The van der Waals surface area contributed by atoms with Crippen LogP contribution in [0.15, 0.2) is 72.7 Å². The molecule has 8 heteroatoms. The molecule has 3 aliphatic rings. The topological polar surface area (TPSA) is 61.9 Å². The van der Waals surface area contributed by atoms with Crippen molar-refractivity contribution in [3.63, 3.8) is 0 Å². The summed E-state index contributed by atoms with van der Waals surface area (Å²) >= 11 is 9.99. The Bertz CT molecular complexity index is 1870. The summed E-state index contributed by atoms with van der Waals surface area (Å²) in [7, 11) is 0. The van der Waals surface area contributed by atoms with E-state index in [-0.39, 0.29) is 0 Å². The smallest absolute Gasteiger partial charge is 0.348 e. The molecule has 0 amide bonds. The van der Waals surface area contributed by atoms with Gasteiger partial charge >= 0.3 is 5.63 Å². The highest BCUT2D eigenvalue weighted by molar-refractivity contribution is 9.10. The van der Waals surface area contributed by atoms with Gasteiger partial charge in [-0.25, -0.2) is 4.79 Å². The number of benzene rings is 3. The summed E-state index contributed by atoms with van der Waals surface area (Å²) < 4.78 is 13.4. The first-order chi connectivity index (χ1) is 19.5. The quantitative estimate of drug-likeness (QED) is 0.205. The van der Waals surface area contributed by atoms with Gasteiger partial charge in [0.15, 0.2) is 5.58 Å². The summed E-state index contributed by atoms with van der Waals surface area (Å²) in [4.78, 5) is 18.3. The molecule has 0 radical (unpaired) electrons. The molecule has 5 aromatic rings. The van der Waals surface area contributed by atoms with Crippen molar-refractivity contribution in [1.29, 1.82) is 0 Å². The highest BCUT2D eigenvalue weighted by Crippen LogP contribution is 2.45. The van der Waals surface area contributed by atoms with Crippen LogP contribution in [-0.2, 0) is 13.1 Å². The van der Waals surface area contributed by atoms with Gasteiger partial charge in [-0.05, 0) is 78.1 Å². The zero-order valence-electron chi connectivity index (χ0n) is 21.8. The highest BCUT2D eigenvalue weighted by atomic mass is 79.9. The Kier molecular flexibility index (Phi) is 5.68. The molecule has 2 aliphatic heterocycles. The number of rotatable bonds is 3. The van der Waals surface area contributed by atoms with E-state index in [1.54, 1.807) is 12.1 Å². The molecule has 0 unspecified atom stereocenters. The maximum Gasteiger partial charge on any atom is 0.348 e. The molecule has 6 nitrogen and oxygen atoms in total. The summed E-state index contributed by atoms with van der Waals surface area (Å²) in [6.45, 7) is 2.51. The average molecular weight is 617 g/mol. The van der Waals surface area contributed by atoms with Gasteiger partial charge < -0.3 is 24.0 Å². The molecule has 8 rings (SSSR count). The molecule has 0 spiro atoms. The van der Waals surface area contributed by atoms with Gasteiger partial charge in [0.1, 0.15) is 11.0 Å². The van der Waals surface area contributed by atoms with Gasteiger partial charge in [0.05, 0.1) is 17.6 Å². The summed E-state index contributed by atoms with van der Waals surface area (Å²) in [5, 5.41) is 5.40. The third-order valence-electron chi connectivity index (χ3n) is 8.60. The fraction of sp³-hybridized carbons (Fsp3) is 0.281. The van der Waals surface area contributed by atoms with Crippen molar-refractivity contribution in [2.24, 2.45) is 0 Å². The number of nitrogens with one attached hydrogen (secondary N) is 1. The zero-order chi connectivity index (χ0) is 27.0. The largest absolute Gasteiger partial charge is 0.439 e. The molecule has 40 heavy (non-hydrogen) atoms. The van der Waals surface area contributed by atoms with Crippen molar-refractivity contribution in [2.45, 2.75) is 51.2 Å². The maximum absolute atomic E-state index is 13.5. The Morgan fingerprint density at radius 1 is 0.875 bits per heavy atom. The van der Waals surface area contributed by atoms with Crippen LogP contribution in [-0.4, -0.2) is 12.7 Å². The van der Waals surface area contributed by atoms with E-state index < -0.39 is 5.63 Å². The number of halogens is 2. The van der Waals surface area contributed by atoms with Gasteiger partial charge in [0, 0.05) is 40.0 Å². The minimum atomic E-state index is -0.401. The first-order valence-electron chi connectivity index (χ1n) is 13.9. The lowest BCUT2D eigenvalue weighted by molar-refractivity contribution is 0.453. The van der Waals surface area contributed by atoms with Crippen LogP contribution < -0.4 is 20.7 Å². The Hall–Kier alpha value is -3.42. The minimum absolute atomic E-state index is 0.306. The molecule has 0 atom stereocenters. The van der Waals surface area contributed by atoms with Crippen molar-refractivity contribution < 1.29 is 8.83 Å². The predicted molar refractivity (Wildman–Crippen MR) is 165 cm³/mol. The third-order valence-corrected chi connectivity index (χ3v) is 9.32. The monoisotopic (exact) mass is 615 g/mol. The molecule has 1 N–H and O–H groups in total. The molecule has 202 valence electrons. The summed E-state index contributed by atoms with van der Waals surface area (Å²) in [5.74, 6) is 0.633. The Balaban J connectivity index is 1.29. The van der Waals surface area contributed by atoms with Crippen molar-refractivity contribution in [1.82, 2.24) is 0 Å². The van der Waals surface area contributed by atoms with Crippen molar-refractivity contribution in [3.8, 4) is 11.1 Å². The lowest BCUT2D eigenvalue weighted by Gasteiger charge is -2.45. The molecular formula is C32H27BrClN3O3. The number of anilines is 3. The average Bonchev–Trinajstić information content (AvgIpc) is 3.33. The van der Waals surface area contributed by atoms with E-state index in [1.807, 2.05) is 6.07 Å². The van der Waals surface area contributed by atoms with Crippen LogP contribution in [0.2, 0.25) is 5.02 Å². The van der Waals surface area contributed by atoms with Crippen LogP contribution in [0.3, 0.4) is 0 Å². The van der Waals surface area contributed by atoms with Crippen molar-refractivity contribution in [3.05, 3.63) is 85.6 Å². The molecule has 1 saturated carbocycles. The van der Waals surface area contributed by atoms with Gasteiger partial charge in [-0.3, -0.25) is 0 Å². The molecule has 1 fully saturated rings. The van der Waals surface area contributed by atoms with E-state index in [9.17, 15) is 4.79 Å². The third kappa shape index (κ3) is 3.93. The molecule has 2 bridgehead atoms. The molecule has 3 aromatic carbocycles. The lowest BCUT2D eigenvalue weighted by Crippen LogP contribution is -2.46. The molecular weight excluding hydrogens is 590 g/mol. The fourth-order valence-electron chi connectivity index (χ4n) is 6.75. The van der Waals surface area contributed by atoms with E-state index in [1.165, 1.54) is 41.8 Å². The van der Waals surface area contributed by atoms with E-state index in [4.69, 9.17) is 20.4 Å². The number of hydrogen-bond acceptors (Lipinski definition) is 6. The van der Waals surface area contributed by atoms with E-state index >= 15 is 0 Å². The standard InChI is InChI=1S/C32H27BrClN3O3/c33-21-7-10-26-20(13-21)16-37-17-36(26)15-19-12-18(6-9-25(19)37)28-29-30(40-31(28)35-23-4-2-1-3-5-23)24-14-22(34)8-11-27(24)39-32(29)38/h6-14,23,35H,1-5,15-17H2. The normalized spacial score (nSPS) is 16.9. The van der Waals surface area contributed by atoms with Crippen LogP contribution in [0.5, 0.6) is 0 Å². The number of hydrogen-bond donors (Lipinski definition) is 1. The second-order valence-electron chi connectivity index (χ2n) is 11.2. The summed E-state index contributed by atoms with van der Waals surface area (Å²) in [5.41, 5.74) is 7.34. The number of furan rings is 1. The minimum Gasteiger partial charge on any atom is -0.439 e. The Labute approximate surface area is 244 Å². The van der Waals surface area contributed by atoms with Crippen LogP contribution >= 0.6 is 27.5 Å². The molecule has 1 aliphatic carbocycles. The molecule has 2 aromatic heterocycles. The lowest BCUT2D eigenvalue weighted by atomic mass is 9.94. The van der Waals surface area contributed by atoms with Gasteiger partial charge in [-0.15, -0.1) is 0 Å². The zero-order valence-corrected chi connectivity index (χ0v) is 24.1. The van der Waals surface area contributed by atoms with Crippen LogP contribution in [0.25, 0.3) is 33.1 Å². The second-order valence-corrected chi connectivity index (χ2v) is 12.5. The first kappa shape index (κ1) is 24.4. The predicted octanol–water partition coefficient (Wildman–Crippen LogP) is 8.66. The van der Waals surface area contributed by atoms with Gasteiger partial charge in [0.2, 0.25) is 5.88 Å². The number of nitrogens with zero attached hydrogens (tertiary/aromatic N) is 2. The second kappa shape index (κ2) is 9.32. The summed E-state index contributed by atoms with van der Waals surface area (Å²) in [6, 6.07) is 18.6. The Morgan fingerprint density at radius 3 is 2.42 bits per heavy atom. The fourth-order valence-corrected chi connectivity index (χ4v) is 7.33. The maximum atomic E-state index is 13.5. The summed E-state index contributed by atoms with van der Waals surface area (Å²) in [6.07, 6.45) is 5.81. The highest BCUT2D eigenvalue weighted by Gasteiger charge is 2.31. The van der Waals surface area contributed by atoms with Crippen LogP contribution in [0.4, 0.5) is 17.3 Å². The van der Waals surface area contributed by atoms with E-state index in [2.05, 4.69) is 67.4 Å². The molecule has 4 heterocycles. The molecule has 0 saturated heterocycles. The van der Waals surface area contributed by atoms with Crippen LogP contribution in [0, 0.1) is 0 Å². The van der Waals surface area contributed by atoms with Gasteiger partial charge in [-0.2, -0.15) is 0 Å². The van der Waals surface area contributed by atoms with Crippen LogP contribution in [0.1, 0.15) is 43.2 Å². The van der Waals surface area contributed by atoms with Gasteiger partial charge in [0.25, 0.3) is 0 Å².